The molecule has 2 aliphatic rings. The fraction of sp³-hybridized carbons (Fsp3) is 0.222. The molecule has 2 aliphatic heterocycles. The van der Waals surface area contributed by atoms with Crippen LogP contribution in [0, 0.1) is 6.92 Å². The van der Waals surface area contributed by atoms with Crippen LogP contribution in [0.4, 0.5) is 5.69 Å². The number of rotatable bonds is 4. The van der Waals surface area contributed by atoms with Gasteiger partial charge < -0.3 is 14.4 Å². The predicted molar refractivity (Wildman–Crippen MR) is 131 cm³/mol. The zero-order chi connectivity index (χ0) is 23.1. The van der Waals surface area contributed by atoms with E-state index in [0.29, 0.717) is 30.3 Å². The van der Waals surface area contributed by atoms with Gasteiger partial charge in [-0.05, 0) is 54.5 Å². The molecule has 33 heavy (non-hydrogen) atoms. The Morgan fingerprint density at radius 3 is 2.48 bits per heavy atom. The summed E-state index contributed by atoms with van der Waals surface area (Å²) >= 11 is 6.00. The Bertz CT molecular complexity index is 1250. The van der Waals surface area contributed by atoms with Crippen molar-refractivity contribution in [3.63, 3.8) is 0 Å². The van der Waals surface area contributed by atoms with Crippen LogP contribution in [-0.4, -0.2) is 31.5 Å². The molecule has 0 bridgehead atoms. The maximum atomic E-state index is 13.2. The summed E-state index contributed by atoms with van der Waals surface area (Å²) < 4.78 is 12.1. The number of ketones is 1. The number of ether oxygens (including phenoxy) is 2. The van der Waals surface area contributed by atoms with E-state index in [1.807, 2.05) is 80.5 Å². The third-order valence-electron chi connectivity index (χ3n) is 6.03. The first kappa shape index (κ1) is 21.6. The number of nitrogens with zero attached hydrogens (tertiary/aromatic N) is 2. The van der Waals surface area contributed by atoms with Gasteiger partial charge in [0.2, 0.25) is 5.78 Å². The number of allylic oxidation sites excluding steroid dienone is 1. The summed E-state index contributed by atoms with van der Waals surface area (Å²) in [5.41, 5.74) is 5.65. The van der Waals surface area contributed by atoms with Crippen molar-refractivity contribution in [2.24, 2.45) is 0 Å². The fourth-order valence-corrected chi connectivity index (χ4v) is 4.39. The summed E-state index contributed by atoms with van der Waals surface area (Å²) in [5.74, 6) is 1.65. The SMILES string of the molecule is Cc1c2c(cc3c1O/C(=C\c1ccc(N(C)C)cc1)C3=O)CN(Cc1ccc(Cl)cc1)CO2. The van der Waals surface area contributed by atoms with Crippen molar-refractivity contribution in [3.05, 3.63) is 93.2 Å². The molecule has 0 atom stereocenters. The van der Waals surface area contributed by atoms with Gasteiger partial charge in [-0.25, -0.2) is 0 Å². The van der Waals surface area contributed by atoms with Crippen LogP contribution < -0.4 is 14.4 Å². The Morgan fingerprint density at radius 1 is 1.06 bits per heavy atom. The monoisotopic (exact) mass is 460 g/mol. The molecular formula is C27H25ClN2O3. The summed E-state index contributed by atoms with van der Waals surface area (Å²) in [6.45, 7) is 3.87. The summed E-state index contributed by atoms with van der Waals surface area (Å²) in [6.07, 6.45) is 1.80. The molecule has 0 amide bonds. The smallest absolute Gasteiger partial charge is 0.231 e. The van der Waals surface area contributed by atoms with Crippen LogP contribution in [-0.2, 0) is 13.1 Å². The van der Waals surface area contributed by atoms with E-state index in [4.69, 9.17) is 21.1 Å². The number of fused-ring (bicyclic) bond motifs is 2. The maximum Gasteiger partial charge on any atom is 0.231 e. The van der Waals surface area contributed by atoms with Crippen LogP contribution in [0.25, 0.3) is 6.08 Å². The lowest BCUT2D eigenvalue weighted by atomic mass is 10.00. The van der Waals surface area contributed by atoms with Gasteiger partial charge in [0.15, 0.2) is 5.76 Å². The van der Waals surface area contributed by atoms with Crippen molar-refractivity contribution in [1.29, 1.82) is 0 Å². The van der Waals surface area contributed by atoms with E-state index in [-0.39, 0.29) is 5.78 Å². The molecular weight excluding hydrogens is 436 g/mol. The summed E-state index contributed by atoms with van der Waals surface area (Å²) in [5, 5.41) is 0.723. The van der Waals surface area contributed by atoms with Crippen molar-refractivity contribution in [3.8, 4) is 11.5 Å². The normalized spacial score (nSPS) is 16.2. The van der Waals surface area contributed by atoms with Gasteiger partial charge in [0, 0.05) is 49.0 Å². The van der Waals surface area contributed by atoms with Gasteiger partial charge in [-0.1, -0.05) is 35.9 Å². The van der Waals surface area contributed by atoms with Crippen LogP contribution in [0.3, 0.4) is 0 Å². The number of carbonyl (C=O) groups excluding carboxylic acids is 1. The highest BCUT2D eigenvalue weighted by Gasteiger charge is 2.33. The number of benzene rings is 3. The first-order valence-electron chi connectivity index (χ1n) is 10.9. The molecule has 5 rings (SSSR count). The zero-order valence-corrected chi connectivity index (χ0v) is 19.6. The van der Waals surface area contributed by atoms with Crippen molar-refractivity contribution in [1.82, 2.24) is 4.90 Å². The number of hydrogen-bond donors (Lipinski definition) is 0. The summed E-state index contributed by atoms with van der Waals surface area (Å²) in [7, 11) is 3.99. The molecule has 2 heterocycles. The minimum Gasteiger partial charge on any atom is -0.477 e. The molecule has 0 aromatic heterocycles. The number of halogens is 1. The van der Waals surface area contributed by atoms with Crippen LogP contribution in [0.2, 0.25) is 5.02 Å². The fourth-order valence-electron chi connectivity index (χ4n) is 4.27. The summed E-state index contributed by atoms with van der Waals surface area (Å²) in [6, 6.07) is 17.8. The molecule has 3 aromatic rings. The molecule has 3 aromatic carbocycles. The van der Waals surface area contributed by atoms with Gasteiger partial charge in [-0.15, -0.1) is 0 Å². The zero-order valence-electron chi connectivity index (χ0n) is 18.9. The quantitative estimate of drug-likeness (QED) is 0.468. The molecule has 5 nitrogen and oxygen atoms in total. The minimum absolute atomic E-state index is 0.0950. The van der Waals surface area contributed by atoms with Crippen molar-refractivity contribution < 1.29 is 14.3 Å². The van der Waals surface area contributed by atoms with Gasteiger partial charge in [-0.3, -0.25) is 9.69 Å². The number of anilines is 1. The lowest BCUT2D eigenvalue weighted by molar-refractivity contribution is 0.0876. The predicted octanol–water partition coefficient (Wildman–Crippen LogP) is 5.68. The Balaban J connectivity index is 1.39. The topological polar surface area (TPSA) is 42.0 Å². The van der Waals surface area contributed by atoms with Crippen molar-refractivity contribution in [2.75, 3.05) is 25.7 Å². The second-order valence-electron chi connectivity index (χ2n) is 8.68. The van der Waals surface area contributed by atoms with Crippen molar-refractivity contribution in [2.45, 2.75) is 20.0 Å². The Labute approximate surface area is 198 Å². The average Bonchev–Trinajstić information content (AvgIpc) is 3.11. The van der Waals surface area contributed by atoms with Crippen molar-refractivity contribution >= 4 is 29.1 Å². The van der Waals surface area contributed by atoms with E-state index in [1.165, 1.54) is 0 Å². The van der Waals surface area contributed by atoms with Crippen LogP contribution in [0.5, 0.6) is 11.5 Å². The molecule has 0 fully saturated rings. The highest BCUT2D eigenvalue weighted by atomic mass is 35.5. The van der Waals surface area contributed by atoms with Gasteiger partial charge >= 0.3 is 0 Å². The molecule has 0 unspecified atom stereocenters. The second-order valence-corrected chi connectivity index (χ2v) is 9.12. The van der Waals surface area contributed by atoms with E-state index >= 15 is 0 Å². The minimum atomic E-state index is -0.0950. The number of carbonyl (C=O) groups is 1. The Hall–Kier alpha value is -3.28. The van der Waals surface area contributed by atoms with Crippen LogP contribution in [0.15, 0.2) is 60.4 Å². The van der Waals surface area contributed by atoms with E-state index in [2.05, 4.69) is 4.90 Å². The first-order valence-corrected chi connectivity index (χ1v) is 11.2. The third kappa shape index (κ3) is 4.22. The van der Waals surface area contributed by atoms with E-state index < -0.39 is 0 Å². The lowest BCUT2D eigenvalue weighted by Gasteiger charge is -2.30. The first-order chi connectivity index (χ1) is 15.9. The van der Waals surface area contributed by atoms with Gasteiger partial charge in [0.05, 0.1) is 5.56 Å². The second kappa shape index (κ2) is 8.58. The largest absolute Gasteiger partial charge is 0.477 e. The average molecular weight is 461 g/mol. The van der Waals surface area contributed by atoms with Gasteiger partial charge in [0.1, 0.15) is 18.2 Å². The molecule has 0 radical (unpaired) electrons. The molecule has 0 spiro atoms. The van der Waals surface area contributed by atoms with E-state index in [1.54, 1.807) is 6.08 Å². The number of Topliss-reactive ketones (excluding diaryl/α,β-unsaturated/α-hetero) is 1. The molecule has 0 N–H and O–H groups in total. The van der Waals surface area contributed by atoms with Crippen LogP contribution in [0.1, 0.15) is 32.6 Å². The number of hydrogen-bond acceptors (Lipinski definition) is 5. The highest BCUT2D eigenvalue weighted by Crippen LogP contribution is 2.43. The molecule has 6 heteroatoms. The van der Waals surface area contributed by atoms with E-state index in [0.717, 1.165) is 45.3 Å². The molecule has 0 saturated heterocycles. The Morgan fingerprint density at radius 2 is 1.79 bits per heavy atom. The molecule has 0 saturated carbocycles. The molecule has 0 aliphatic carbocycles. The van der Waals surface area contributed by atoms with Crippen LogP contribution >= 0.6 is 11.6 Å². The maximum absolute atomic E-state index is 13.2. The highest BCUT2D eigenvalue weighted by molar-refractivity contribution is 6.30. The van der Waals surface area contributed by atoms with E-state index in [9.17, 15) is 4.79 Å². The van der Waals surface area contributed by atoms with Gasteiger partial charge in [-0.2, -0.15) is 0 Å². The summed E-state index contributed by atoms with van der Waals surface area (Å²) in [4.78, 5) is 17.4. The lowest BCUT2D eigenvalue weighted by Crippen LogP contribution is -2.32. The third-order valence-corrected chi connectivity index (χ3v) is 6.28. The standard InChI is InChI=1S/C27H25ClN2O3/c1-17-26-20(15-30(16-32-26)14-19-4-8-21(28)9-5-19)13-23-25(31)24(33-27(17)23)12-18-6-10-22(11-7-18)29(2)3/h4-13H,14-16H2,1-3H3/b24-12-. The Kier molecular flexibility index (Phi) is 5.60. The van der Waals surface area contributed by atoms with Gasteiger partial charge in [0.25, 0.3) is 0 Å². The molecule has 168 valence electrons.